The molecule has 2 atom stereocenters. The van der Waals surface area contributed by atoms with E-state index >= 15 is 0 Å². The number of pyridine rings is 1. The van der Waals surface area contributed by atoms with Gasteiger partial charge >= 0.3 is 0 Å². The highest BCUT2D eigenvalue weighted by molar-refractivity contribution is 5.96. The highest BCUT2D eigenvalue weighted by Crippen LogP contribution is 2.21. The first kappa shape index (κ1) is 14.8. The predicted octanol–water partition coefficient (Wildman–Crippen LogP) is 1.82. The molecule has 1 aliphatic heterocycles. The maximum absolute atomic E-state index is 12.3. The number of hydrazine groups is 1. The average molecular weight is 322 g/mol. The van der Waals surface area contributed by atoms with Crippen molar-refractivity contribution in [3.8, 4) is 11.4 Å². The van der Waals surface area contributed by atoms with Crippen LogP contribution in [0.25, 0.3) is 22.6 Å². The summed E-state index contributed by atoms with van der Waals surface area (Å²) in [5, 5.41) is 2.89. The molecule has 4 N–H and O–H groups in total. The Kier molecular flexibility index (Phi) is 3.72. The van der Waals surface area contributed by atoms with Gasteiger partial charge in [-0.1, -0.05) is 30.3 Å². The van der Waals surface area contributed by atoms with Crippen LogP contribution in [0.2, 0.25) is 0 Å². The molecule has 3 aromatic rings. The number of imidazole rings is 1. The number of H-pyrrole nitrogens is 1. The molecule has 2 unspecified atom stereocenters. The highest BCUT2D eigenvalue weighted by Gasteiger charge is 2.26. The second kappa shape index (κ2) is 6.03. The van der Waals surface area contributed by atoms with Gasteiger partial charge in [0.25, 0.3) is 0 Å². The Bertz CT molecular complexity index is 875. The van der Waals surface area contributed by atoms with Crippen molar-refractivity contribution in [2.24, 2.45) is 0 Å². The van der Waals surface area contributed by atoms with Gasteiger partial charge in [0.15, 0.2) is 5.65 Å². The number of amides is 1. The lowest BCUT2D eigenvalue weighted by Gasteiger charge is -2.10. The number of fused-ring (bicyclic) bond motifs is 1. The van der Waals surface area contributed by atoms with Crippen LogP contribution in [0.4, 0.5) is 5.69 Å². The molecule has 1 aliphatic rings. The number of nitrogens with one attached hydrogen (secondary N) is 4. The molecule has 7 nitrogen and oxygen atoms in total. The Balaban J connectivity index is 1.56. The molecular weight excluding hydrogens is 304 g/mol. The Labute approximate surface area is 138 Å². The van der Waals surface area contributed by atoms with E-state index in [2.05, 4.69) is 31.1 Å². The van der Waals surface area contributed by atoms with Crippen molar-refractivity contribution in [3.63, 3.8) is 0 Å². The van der Waals surface area contributed by atoms with Gasteiger partial charge in [-0.2, -0.15) is 0 Å². The molecule has 3 heterocycles. The maximum Gasteiger partial charge on any atom is 0.242 e. The Hall–Kier alpha value is -2.77. The van der Waals surface area contributed by atoms with Crippen molar-refractivity contribution in [3.05, 3.63) is 42.6 Å². The zero-order chi connectivity index (χ0) is 16.5. The molecule has 1 amide bonds. The molecule has 7 heteroatoms. The number of hydrogen-bond acceptors (Lipinski definition) is 5. The summed E-state index contributed by atoms with van der Waals surface area (Å²) in [7, 11) is 0. The molecule has 2 aromatic heterocycles. The molecule has 0 aliphatic carbocycles. The van der Waals surface area contributed by atoms with Crippen LogP contribution in [0.1, 0.15) is 13.3 Å². The number of benzene rings is 1. The minimum atomic E-state index is -0.239. The molecule has 122 valence electrons. The van der Waals surface area contributed by atoms with Gasteiger partial charge in [0.1, 0.15) is 11.9 Å². The average Bonchev–Trinajstić information content (AvgIpc) is 3.21. The number of aromatic nitrogens is 3. The number of hydrogen-bond donors (Lipinski definition) is 4. The Morgan fingerprint density at radius 3 is 2.83 bits per heavy atom. The lowest BCUT2D eigenvalue weighted by molar-refractivity contribution is -0.117. The van der Waals surface area contributed by atoms with Crippen molar-refractivity contribution in [1.82, 2.24) is 25.8 Å². The topological polar surface area (TPSA) is 94.7 Å². The summed E-state index contributed by atoms with van der Waals surface area (Å²) in [6.45, 7) is 2.03. The molecule has 24 heavy (non-hydrogen) atoms. The number of carbonyl (C=O) groups excluding carboxylic acids is 1. The standard InChI is InChI=1S/C17H18N6O/c1-10-7-14(23-22-10)17(24)19-12-8-13-16(18-9-12)21-15(20-13)11-5-3-2-4-6-11/h2-6,8-10,14,22-23H,7H2,1H3,(H,19,24)(H,18,20,21). The summed E-state index contributed by atoms with van der Waals surface area (Å²) in [6, 6.07) is 11.8. The lowest BCUT2D eigenvalue weighted by Crippen LogP contribution is -2.39. The zero-order valence-corrected chi connectivity index (χ0v) is 13.2. The molecule has 0 spiro atoms. The number of carbonyl (C=O) groups is 1. The summed E-state index contributed by atoms with van der Waals surface area (Å²) >= 11 is 0. The van der Waals surface area contributed by atoms with Crippen LogP contribution >= 0.6 is 0 Å². The van der Waals surface area contributed by atoms with Gasteiger partial charge in [0.05, 0.1) is 17.4 Å². The minimum absolute atomic E-state index is 0.0733. The normalized spacial score (nSPS) is 20.4. The number of anilines is 1. The zero-order valence-electron chi connectivity index (χ0n) is 13.2. The predicted molar refractivity (Wildman–Crippen MR) is 92.1 cm³/mol. The summed E-state index contributed by atoms with van der Waals surface area (Å²) in [5.74, 6) is 0.688. The van der Waals surface area contributed by atoms with Crippen LogP contribution in [0, 0.1) is 0 Å². The Morgan fingerprint density at radius 2 is 2.08 bits per heavy atom. The number of nitrogens with zero attached hydrogens (tertiary/aromatic N) is 2. The van der Waals surface area contributed by atoms with Crippen molar-refractivity contribution in [1.29, 1.82) is 0 Å². The largest absolute Gasteiger partial charge is 0.337 e. The SMILES string of the molecule is CC1CC(C(=O)Nc2cnc3nc(-c4ccccc4)[nH]c3c2)NN1. The first-order valence-electron chi connectivity index (χ1n) is 7.92. The van der Waals surface area contributed by atoms with Crippen molar-refractivity contribution >= 4 is 22.8 Å². The van der Waals surface area contributed by atoms with E-state index < -0.39 is 0 Å². The van der Waals surface area contributed by atoms with Crippen molar-refractivity contribution in [2.45, 2.75) is 25.4 Å². The quantitative estimate of drug-likeness (QED) is 0.590. The van der Waals surface area contributed by atoms with E-state index in [4.69, 9.17) is 0 Å². The van der Waals surface area contributed by atoms with Crippen molar-refractivity contribution in [2.75, 3.05) is 5.32 Å². The Morgan fingerprint density at radius 1 is 1.25 bits per heavy atom. The fourth-order valence-electron chi connectivity index (χ4n) is 2.82. The van der Waals surface area contributed by atoms with E-state index in [-0.39, 0.29) is 18.0 Å². The second-order valence-electron chi connectivity index (χ2n) is 6.01. The molecule has 1 aromatic carbocycles. The number of rotatable bonds is 3. The number of aromatic amines is 1. The summed E-state index contributed by atoms with van der Waals surface area (Å²) in [5.41, 5.74) is 9.09. The highest BCUT2D eigenvalue weighted by atomic mass is 16.2. The minimum Gasteiger partial charge on any atom is -0.337 e. The second-order valence-corrected chi connectivity index (χ2v) is 6.01. The fraction of sp³-hybridized carbons (Fsp3) is 0.235. The van der Waals surface area contributed by atoms with E-state index in [1.807, 2.05) is 43.3 Å². The van der Waals surface area contributed by atoms with E-state index in [0.717, 1.165) is 23.3 Å². The molecule has 4 rings (SSSR count). The molecule has 0 bridgehead atoms. The van der Waals surface area contributed by atoms with Gasteiger partial charge in [0.2, 0.25) is 5.91 Å². The van der Waals surface area contributed by atoms with E-state index in [0.29, 0.717) is 11.3 Å². The monoisotopic (exact) mass is 322 g/mol. The molecule has 1 fully saturated rings. The van der Waals surface area contributed by atoms with E-state index in [9.17, 15) is 4.79 Å². The lowest BCUT2D eigenvalue weighted by atomic mass is 10.1. The van der Waals surface area contributed by atoms with Gasteiger partial charge in [-0.05, 0) is 19.4 Å². The molecule has 1 saturated heterocycles. The maximum atomic E-state index is 12.3. The van der Waals surface area contributed by atoms with Crippen LogP contribution in [0.3, 0.4) is 0 Å². The third-order valence-corrected chi connectivity index (χ3v) is 4.06. The van der Waals surface area contributed by atoms with Gasteiger partial charge < -0.3 is 10.3 Å². The third-order valence-electron chi connectivity index (χ3n) is 4.06. The van der Waals surface area contributed by atoms with Crippen LogP contribution in [0.5, 0.6) is 0 Å². The smallest absolute Gasteiger partial charge is 0.242 e. The third kappa shape index (κ3) is 2.86. The van der Waals surface area contributed by atoms with Crippen LogP contribution in [-0.2, 0) is 4.79 Å². The first-order valence-corrected chi connectivity index (χ1v) is 7.92. The van der Waals surface area contributed by atoms with Crippen LogP contribution in [-0.4, -0.2) is 32.9 Å². The first-order chi connectivity index (χ1) is 11.7. The molecular formula is C17H18N6O. The summed E-state index contributed by atoms with van der Waals surface area (Å²) in [4.78, 5) is 24.3. The van der Waals surface area contributed by atoms with Crippen LogP contribution < -0.4 is 16.2 Å². The van der Waals surface area contributed by atoms with Crippen molar-refractivity contribution < 1.29 is 4.79 Å². The molecule has 0 radical (unpaired) electrons. The molecule has 0 saturated carbocycles. The summed E-state index contributed by atoms with van der Waals surface area (Å²) < 4.78 is 0. The van der Waals surface area contributed by atoms with Gasteiger partial charge in [-0.15, -0.1) is 0 Å². The van der Waals surface area contributed by atoms with Gasteiger partial charge in [-0.25, -0.2) is 15.4 Å². The summed E-state index contributed by atoms with van der Waals surface area (Å²) in [6.07, 6.45) is 2.38. The fourth-order valence-corrected chi connectivity index (χ4v) is 2.82. The van der Waals surface area contributed by atoms with Gasteiger partial charge in [0, 0.05) is 11.6 Å². The van der Waals surface area contributed by atoms with E-state index in [1.54, 1.807) is 6.20 Å². The van der Waals surface area contributed by atoms with Crippen LogP contribution in [0.15, 0.2) is 42.6 Å². The van der Waals surface area contributed by atoms with E-state index in [1.165, 1.54) is 0 Å². The van der Waals surface area contributed by atoms with Gasteiger partial charge in [-0.3, -0.25) is 10.2 Å².